The number of aryl methyl sites for hydroxylation is 1. The summed E-state index contributed by atoms with van der Waals surface area (Å²) >= 11 is 0. The molecule has 1 atom stereocenters. The Hall–Kier alpha value is -2.48. The van der Waals surface area contributed by atoms with Crippen LogP contribution in [0.3, 0.4) is 0 Å². The van der Waals surface area contributed by atoms with Crippen molar-refractivity contribution in [2.24, 2.45) is 0 Å². The highest BCUT2D eigenvalue weighted by Crippen LogP contribution is 2.18. The van der Waals surface area contributed by atoms with E-state index in [4.69, 9.17) is 0 Å². The maximum Gasteiger partial charge on any atom is 0.244 e. The highest BCUT2D eigenvalue weighted by molar-refractivity contribution is 7.89. The van der Waals surface area contributed by atoms with Gasteiger partial charge in [0.25, 0.3) is 0 Å². The van der Waals surface area contributed by atoms with Crippen LogP contribution in [0.5, 0.6) is 0 Å². The number of amides is 1. The third kappa shape index (κ3) is 6.52. The largest absolute Gasteiger partial charge is 0.351 e. The van der Waals surface area contributed by atoms with Crippen LogP contribution in [0.4, 0.5) is 0 Å². The van der Waals surface area contributed by atoms with Gasteiger partial charge in [0, 0.05) is 12.6 Å². The maximum absolute atomic E-state index is 12.2. The van der Waals surface area contributed by atoms with Crippen molar-refractivity contribution in [3.8, 4) is 0 Å². The van der Waals surface area contributed by atoms with Gasteiger partial charge in [-0.1, -0.05) is 43.3 Å². The van der Waals surface area contributed by atoms with E-state index in [0.29, 0.717) is 6.54 Å². The van der Waals surface area contributed by atoms with Crippen molar-refractivity contribution in [3.63, 3.8) is 0 Å². The van der Waals surface area contributed by atoms with Gasteiger partial charge in [-0.05, 0) is 62.5 Å². The number of sulfonamides is 1. The predicted molar refractivity (Wildman–Crippen MR) is 117 cm³/mol. The summed E-state index contributed by atoms with van der Waals surface area (Å²) in [5.74, 6) is -0.200. The van der Waals surface area contributed by atoms with Crippen LogP contribution in [0.25, 0.3) is 6.08 Å². The number of nitrogens with zero attached hydrogens (tertiary/aromatic N) is 1. The first-order chi connectivity index (χ1) is 13.8. The van der Waals surface area contributed by atoms with Crippen molar-refractivity contribution in [2.45, 2.75) is 24.3 Å². The summed E-state index contributed by atoms with van der Waals surface area (Å²) in [6.45, 7) is 2.61. The third-order valence-electron chi connectivity index (χ3n) is 4.75. The molecule has 2 N–H and O–H groups in total. The minimum absolute atomic E-state index is 0.0734. The summed E-state index contributed by atoms with van der Waals surface area (Å²) in [7, 11) is 1.88. The SMILES string of the molecule is CCc1ccc(C(CNC(=O)/C=C/c2ccc(S(=O)(=O)NC)cc2)N(C)C)cc1. The second-order valence-electron chi connectivity index (χ2n) is 6.93. The summed E-state index contributed by atoms with van der Waals surface area (Å²) in [4.78, 5) is 14.5. The van der Waals surface area contributed by atoms with E-state index in [9.17, 15) is 13.2 Å². The first-order valence-corrected chi connectivity index (χ1v) is 11.0. The number of nitrogens with one attached hydrogen (secondary N) is 2. The van der Waals surface area contributed by atoms with Gasteiger partial charge in [0.05, 0.1) is 10.9 Å². The van der Waals surface area contributed by atoms with Crippen LogP contribution >= 0.6 is 0 Å². The average molecular weight is 416 g/mol. The van der Waals surface area contributed by atoms with E-state index in [1.165, 1.54) is 30.8 Å². The Balaban J connectivity index is 1.98. The predicted octanol–water partition coefficient (Wildman–Crippen LogP) is 2.59. The van der Waals surface area contributed by atoms with E-state index in [2.05, 4.69) is 46.1 Å². The molecule has 0 saturated carbocycles. The highest BCUT2D eigenvalue weighted by atomic mass is 32.2. The molecule has 0 aliphatic rings. The van der Waals surface area contributed by atoms with Gasteiger partial charge in [-0.25, -0.2) is 13.1 Å². The molecule has 1 amide bonds. The fraction of sp³-hybridized carbons (Fsp3) is 0.318. The average Bonchev–Trinajstić information content (AvgIpc) is 2.73. The van der Waals surface area contributed by atoms with Crippen molar-refractivity contribution in [1.29, 1.82) is 0 Å². The van der Waals surface area contributed by atoms with E-state index < -0.39 is 10.0 Å². The van der Waals surface area contributed by atoms with Crippen molar-refractivity contribution in [2.75, 3.05) is 27.7 Å². The zero-order chi connectivity index (χ0) is 21.4. The van der Waals surface area contributed by atoms with Gasteiger partial charge >= 0.3 is 0 Å². The molecule has 6 nitrogen and oxygen atoms in total. The minimum Gasteiger partial charge on any atom is -0.351 e. The molecule has 29 heavy (non-hydrogen) atoms. The van der Waals surface area contributed by atoms with Crippen molar-refractivity contribution in [3.05, 3.63) is 71.3 Å². The van der Waals surface area contributed by atoms with Crippen LogP contribution in [-0.4, -0.2) is 46.9 Å². The number of benzene rings is 2. The van der Waals surface area contributed by atoms with E-state index in [0.717, 1.165) is 17.5 Å². The lowest BCUT2D eigenvalue weighted by molar-refractivity contribution is -0.116. The first-order valence-electron chi connectivity index (χ1n) is 9.51. The summed E-state index contributed by atoms with van der Waals surface area (Å²) in [6.07, 6.45) is 4.11. The van der Waals surface area contributed by atoms with Crippen LogP contribution in [0.15, 0.2) is 59.5 Å². The smallest absolute Gasteiger partial charge is 0.244 e. The van der Waals surface area contributed by atoms with Crippen LogP contribution in [0.1, 0.15) is 29.7 Å². The van der Waals surface area contributed by atoms with Gasteiger partial charge in [0.1, 0.15) is 0 Å². The molecule has 0 fully saturated rings. The molecule has 156 valence electrons. The van der Waals surface area contributed by atoms with Crippen LogP contribution < -0.4 is 10.0 Å². The second kappa shape index (κ2) is 10.3. The molecule has 0 aliphatic carbocycles. The quantitative estimate of drug-likeness (QED) is 0.617. The van der Waals surface area contributed by atoms with Gasteiger partial charge in [0.15, 0.2) is 0 Å². The van der Waals surface area contributed by atoms with Gasteiger partial charge in [-0.3, -0.25) is 4.79 Å². The second-order valence-corrected chi connectivity index (χ2v) is 8.82. The fourth-order valence-corrected chi connectivity index (χ4v) is 3.61. The van der Waals surface area contributed by atoms with Crippen LogP contribution in [0.2, 0.25) is 0 Å². The molecular weight excluding hydrogens is 386 g/mol. The van der Waals surface area contributed by atoms with Crippen LogP contribution in [-0.2, 0) is 21.2 Å². The summed E-state index contributed by atoms with van der Waals surface area (Å²) < 4.78 is 25.7. The topological polar surface area (TPSA) is 78.5 Å². The monoisotopic (exact) mass is 415 g/mol. The molecule has 7 heteroatoms. The lowest BCUT2D eigenvalue weighted by atomic mass is 10.0. The zero-order valence-corrected chi connectivity index (χ0v) is 18.2. The molecule has 2 aromatic carbocycles. The summed E-state index contributed by atoms with van der Waals surface area (Å²) in [5, 5.41) is 2.93. The number of hydrogen-bond donors (Lipinski definition) is 2. The Bertz CT molecular complexity index is 934. The van der Waals surface area contributed by atoms with Crippen LogP contribution in [0, 0.1) is 0 Å². The molecular formula is C22H29N3O3S. The minimum atomic E-state index is -3.46. The van der Waals surface area contributed by atoms with Gasteiger partial charge < -0.3 is 10.2 Å². The standard InChI is InChI=1S/C22H29N3O3S/c1-5-17-6-11-19(12-7-17)21(25(3)4)16-24-22(26)15-10-18-8-13-20(14-9-18)29(27,28)23-2/h6-15,21,23H,5,16H2,1-4H3,(H,24,26)/b15-10+. The molecule has 0 spiro atoms. The van der Waals surface area contributed by atoms with Gasteiger partial charge in [-0.15, -0.1) is 0 Å². The number of carbonyl (C=O) groups excluding carboxylic acids is 1. The molecule has 0 bridgehead atoms. The lowest BCUT2D eigenvalue weighted by Gasteiger charge is -2.25. The fourth-order valence-electron chi connectivity index (χ4n) is 2.88. The normalized spacial score (nSPS) is 13.0. The molecule has 2 rings (SSSR count). The Labute approximate surface area is 173 Å². The molecule has 0 heterocycles. The van der Waals surface area contributed by atoms with E-state index in [1.54, 1.807) is 18.2 Å². The Morgan fingerprint density at radius 1 is 1.07 bits per heavy atom. The van der Waals surface area contributed by atoms with E-state index >= 15 is 0 Å². The summed E-state index contributed by atoms with van der Waals surface area (Å²) in [5.41, 5.74) is 3.18. The Morgan fingerprint density at radius 2 is 1.69 bits per heavy atom. The molecule has 2 aromatic rings. The Kier molecular flexibility index (Phi) is 8.13. The lowest BCUT2D eigenvalue weighted by Crippen LogP contribution is -2.33. The maximum atomic E-state index is 12.2. The van der Waals surface area contributed by atoms with Crippen molar-refractivity contribution < 1.29 is 13.2 Å². The van der Waals surface area contributed by atoms with Crippen molar-refractivity contribution >= 4 is 22.0 Å². The molecule has 0 saturated heterocycles. The summed E-state index contributed by atoms with van der Waals surface area (Å²) in [6, 6.07) is 14.8. The van der Waals surface area contributed by atoms with Crippen molar-refractivity contribution in [1.82, 2.24) is 14.9 Å². The molecule has 0 radical (unpaired) electrons. The number of hydrogen-bond acceptors (Lipinski definition) is 4. The zero-order valence-electron chi connectivity index (χ0n) is 17.3. The van der Waals surface area contributed by atoms with E-state index in [-0.39, 0.29) is 16.8 Å². The van der Waals surface area contributed by atoms with E-state index in [1.807, 2.05) is 14.1 Å². The number of likely N-dealkylation sites (N-methyl/N-ethyl adjacent to an activating group) is 1. The van der Waals surface area contributed by atoms with Gasteiger partial charge in [-0.2, -0.15) is 0 Å². The molecule has 0 aliphatic heterocycles. The molecule has 0 aromatic heterocycles. The number of rotatable bonds is 9. The number of carbonyl (C=O) groups is 1. The molecule has 1 unspecified atom stereocenters. The third-order valence-corrected chi connectivity index (χ3v) is 6.18. The first kappa shape index (κ1) is 22.8. The van der Waals surface area contributed by atoms with Gasteiger partial charge in [0.2, 0.25) is 15.9 Å². The highest BCUT2D eigenvalue weighted by Gasteiger charge is 2.14. The Morgan fingerprint density at radius 3 is 2.21 bits per heavy atom.